The van der Waals surface area contributed by atoms with Gasteiger partial charge in [-0.15, -0.1) is 0 Å². The van der Waals surface area contributed by atoms with Gasteiger partial charge in [0.2, 0.25) is 0 Å². The SMILES string of the molecule is C=C(/C=c1/cc(NC)nc/c1=C/C)/C(=C/C)N(C)C(=C)C. The third-order valence-corrected chi connectivity index (χ3v) is 3.40. The number of anilines is 1. The maximum atomic E-state index is 4.33. The Morgan fingerprint density at radius 3 is 2.43 bits per heavy atom. The normalized spacial score (nSPS) is 13.3. The molecule has 0 aromatic carbocycles. The Bertz CT molecular complexity index is 681. The molecule has 0 saturated heterocycles. The third kappa shape index (κ3) is 4.09. The van der Waals surface area contributed by atoms with Crippen LogP contribution in [0, 0.1) is 0 Å². The van der Waals surface area contributed by atoms with Gasteiger partial charge in [0.15, 0.2) is 0 Å². The third-order valence-electron chi connectivity index (χ3n) is 3.40. The minimum Gasteiger partial charge on any atom is -0.373 e. The molecule has 0 amide bonds. The van der Waals surface area contributed by atoms with Crippen molar-refractivity contribution >= 4 is 18.0 Å². The Morgan fingerprint density at radius 2 is 1.95 bits per heavy atom. The van der Waals surface area contributed by atoms with Crippen molar-refractivity contribution in [2.75, 3.05) is 19.4 Å². The van der Waals surface area contributed by atoms with Gasteiger partial charge >= 0.3 is 0 Å². The Morgan fingerprint density at radius 1 is 1.29 bits per heavy atom. The summed E-state index contributed by atoms with van der Waals surface area (Å²) in [6, 6.07) is 2.02. The van der Waals surface area contributed by atoms with Gasteiger partial charge in [-0.2, -0.15) is 0 Å². The highest BCUT2D eigenvalue weighted by Crippen LogP contribution is 2.16. The van der Waals surface area contributed by atoms with Crippen LogP contribution in [0.3, 0.4) is 0 Å². The standard InChI is InChI=1S/C18H25N3/c1-8-15-12-20-18(19-6)11-16(15)10-14(5)17(9-2)21(7)13(3)4/h8-12,19H,3,5H2,1-2,4,6-7H3/b15-8-,16-10-,17-9-. The van der Waals surface area contributed by atoms with Crippen molar-refractivity contribution in [2.24, 2.45) is 0 Å². The van der Waals surface area contributed by atoms with Crippen LogP contribution in [0.4, 0.5) is 5.82 Å². The van der Waals surface area contributed by atoms with E-state index in [1.165, 1.54) is 0 Å². The summed E-state index contributed by atoms with van der Waals surface area (Å²) in [5.41, 5.74) is 2.97. The molecule has 0 aliphatic carbocycles. The van der Waals surface area contributed by atoms with E-state index in [-0.39, 0.29) is 0 Å². The second-order valence-corrected chi connectivity index (χ2v) is 4.87. The molecule has 0 aliphatic rings. The van der Waals surface area contributed by atoms with E-state index in [9.17, 15) is 0 Å². The molecule has 0 saturated carbocycles. The zero-order chi connectivity index (χ0) is 16.0. The molecule has 0 spiro atoms. The van der Waals surface area contributed by atoms with Crippen molar-refractivity contribution in [3.05, 3.63) is 58.9 Å². The number of hydrogen-bond acceptors (Lipinski definition) is 3. The van der Waals surface area contributed by atoms with E-state index >= 15 is 0 Å². The first-order valence-electron chi connectivity index (χ1n) is 7.01. The van der Waals surface area contributed by atoms with Gasteiger partial charge in [-0.05, 0) is 48.9 Å². The molecule has 1 aromatic rings. The summed E-state index contributed by atoms with van der Waals surface area (Å²) >= 11 is 0. The summed E-state index contributed by atoms with van der Waals surface area (Å²) < 4.78 is 0. The van der Waals surface area contributed by atoms with E-state index in [4.69, 9.17) is 0 Å². The summed E-state index contributed by atoms with van der Waals surface area (Å²) in [7, 11) is 3.86. The fourth-order valence-corrected chi connectivity index (χ4v) is 2.05. The monoisotopic (exact) mass is 283 g/mol. The first-order chi connectivity index (χ1) is 9.94. The molecule has 21 heavy (non-hydrogen) atoms. The molecule has 0 atom stereocenters. The average molecular weight is 283 g/mol. The van der Waals surface area contributed by atoms with Crippen LogP contribution in [-0.2, 0) is 0 Å². The molecule has 0 bridgehead atoms. The summed E-state index contributed by atoms with van der Waals surface area (Å²) in [5.74, 6) is 0.843. The first kappa shape index (κ1) is 16.8. The first-order valence-corrected chi connectivity index (χ1v) is 7.01. The van der Waals surface area contributed by atoms with Crippen molar-refractivity contribution in [3.63, 3.8) is 0 Å². The molecule has 0 unspecified atom stereocenters. The lowest BCUT2D eigenvalue weighted by Crippen LogP contribution is -2.26. The van der Waals surface area contributed by atoms with Crippen LogP contribution in [0.1, 0.15) is 20.8 Å². The minimum absolute atomic E-state index is 0.843. The second-order valence-electron chi connectivity index (χ2n) is 4.87. The van der Waals surface area contributed by atoms with E-state index in [0.717, 1.165) is 33.2 Å². The number of rotatable bonds is 5. The lowest BCUT2D eigenvalue weighted by Gasteiger charge is -2.22. The van der Waals surface area contributed by atoms with Crippen LogP contribution in [0.15, 0.2) is 48.5 Å². The predicted octanol–water partition coefficient (Wildman–Crippen LogP) is 2.63. The maximum Gasteiger partial charge on any atom is 0.126 e. The van der Waals surface area contributed by atoms with E-state index in [1.807, 2.05) is 64.2 Å². The highest BCUT2D eigenvalue weighted by Gasteiger charge is 2.06. The van der Waals surface area contributed by atoms with Crippen LogP contribution in [0.2, 0.25) is 0 Å². The summed E-state index contributed by atoms with van der Waals surface area (Å²) in [6.07, 6.45) is 8.03. The molecular formula is C18H25N3. The lowest BCUT2D eigenvalue weighted by molar-refractivity contribution is 0.535. The quantitative estimate of drug-likeness (QED) is 0.842. The fourth-order valence-electron chi connectivity index (χ4n) is 2.05. The second kappa shape index (κ2) is 7.48. The van der Waals surface area contributed by atoms with Crippen LogP contribution in [0.25, 0.3) is 12.2 Å². The van der Waals surface area contributed by atoms with E-state index in [2.05, 4.69) is 29.5 Å². The molecule has 0 radical (unpaired) electrons. The Kier molecular flexibility index (Phi) is 5.97. The summed E-state index contributed by atoms with van der Waals surface area (Å²) in [5, 5.41) is 5.24. The Balaban J connectivity index is 3.36. The molecule has 0 aliphatic heterocycles. The summed E-state index contributed by atoms with van der Waals surface area (Å²) in [4.78, 5) is 6.37. The Labute approximate surface area is 127 Å². The zero-order valence-electron chi connectivity index (χ0n) is 13.7. The van der Waals surface area contributed by atoms with Crippen LogP contribution in [-0.4, -0.2) is 24.0 Å². The van der Waals surface area contributed by atoms with Crippen molar-refractivity contribution < 1.29 is 0 Å². The highest BCUT2D eigenvalue weighted by molar-refractivity contribution is 5.57. The molecule has 1 N–H and O–H groups in total. The zero-order valence-corrected chi connectivity index (χ0v) is 13.7. The molecule has 3 heteroatoms. The highest BCUT2D eigenvalue weighted by atomic mass is 15.1. The van der Waals surface area contributed by atoms with Crippen molar-refractivity contribution in [2.45, 2.75) is 20.8 Å². The van der Waals surface area contributed by atoms with Crippen molar-refractivity contribution in [3.8, 4) is 0 Å². The smallest absolute Gasteiger partial charge is 0.126 e. The maximum absolute atomic E-state index is 4.33. The van der Waals surface area contributed by atoms with Crippen LogP contribution < -0.4 is 15.8 Å². The topological polar surface area (TPSA) is 28.2 Å². The van der Waals surface area contributed by atoms with Gasteiger partial charge in [0.25, 0.3) is 0 Å². The number of pyridine rings is 1. The number of nitrogens with zero attached hydrogens (tertiary/aromatic N) is 2. The number of likely N-dealkylation sites (N-methyl/N-ethyl adjacent to an activating group) is 1. The Hall–Kier alpha value is -2.29. The molecule has 1 heterocycles. The molecule has 112 valence electrons. The van der Waals surface area contributed by atoms with Crippen molar-refractivity contribution in [1.82, 2.24) is 9.88 Å². The number of aromatic nitrogens is 1. The van der Waals surface area contributed by atoms with E-state index < -0.39 is 0 Å². The fraction of sp³-hybridized carbons (Fsp3) is 0.278. The average Bonchev–Trinajstić information content (AvgIpc) is 2.47. The number of allylic oxidation sites excluding steroid dienone is 3. The number of hydrogen-bond donors (Lipinski definition) is 1. The predicted molar refractivity (Wildman–Crippen MR) is 93.1 cm³/mol. The van der Waals surface area contributed by atoms with Crippen LogP contribution in [0.5, 0.6) is 0 Å². The van der Waals surface area contributed by atoms with Gasteiger partial charge in [0, 0.05) is 31.7 Å². The molecule has 1 rings (SSSR count). The molecule has 1 aromatic heterocycles. The van der Waals surface area contributed by atoms with Gasteiger partial charge in [-0.3, -0.25) is 0 Å². The molecular weight excluding hydrogens is 258 g/mol. The van der Waals surface area contributed by atoms with Gasteiger partial charge < -0.3 is 10.2 Å². The van der Waals surface area contributed by atoms with E-state index in [0.29, 0.717) is 0 Å². The molecule has 0 fully saturated rings. The van der Waals surface area contributed by atoms with Gasteiger partial charge in [-0.25, -0.2) is 4.98 Å². The summed E-state index contributed by atoms with van der Waals surface area (Å²) in [6.45, 7) is 14.2. The number of nitrogens with one attached hydrogen (secondary N) is 1. The van der Waals surface area contributed by atoms with Gasteiger partial charge in [0.05, 0.1) is 0 Å². The van der Waals surface area contributed by atoms with Crippen LogP contribution >= 0.6 is 0 Å². The lowest BCUT2D eigenvalue weighted by atomic mass is 10.1. The largest absolute Gasteiger partial charge is 0.373 e. The van der Waals surface area contributed by atoms with Crippen molar-refractivity contribution in [1.29, 1.82) is 0 Å². The minimum atomic E-state index is 0.843. The van der Waals surface area contributed by atoms with E-state index in [1.54, 1.807) is 0 Å². The molecule has 3 nitrogen and oxygen atoms in total. The van der Waals surface area contributed by atoms with Gasteiger partial charge in [-0.1, -0.05) is 25.3 Å². The van der Waals surface area contributed by atoms with Gasteiger partial charge in [0.1, 0.15) is 5.82 Å².